The van der Waals surface area contributed by atoms with Gasteiger partial charge < -0.3 is 14.6 Å². The van der Waals surface area contributed by atoms with E-state index in [1.165, 1.54) is 0 Å². The number of benzene rings is 1. The Morgan fingerprint density at radius 2 is 2.31 bits per heavy atom. The van der Waals surface area contributed by atoms with Gasteiger partial charge in [0.05, 0.1) is 11.1 Å². The molecular weight excluding hydrogens is 230 g/mol. The van der Waals surface area contributed by atoms with Crippen LogP contribution in [0.25, 0.3) is 0 Å². The van der Waals surface area contributed by atoms with Crippen LogP contribution in [0, 0.1) is 0 Å². The van der Waals surface area contributed by atoms with E-state index in [0.717, 1.165) is 17.7 Å². The average Bonchev–Trinajstić information content (AvgIpc) is 2.68. The van der Waals surface area contributed by atoms with Crippen molar-refractivity contribution in [3.05, 3.63) is 22.2 Å². The first-order valence-corrected chi connectivity index (χ1v) is 5.52. The number of aliphatic hydroxyl groups excluding tert-OH is 1. The molecule has 16 heavy (non-hydrogen) atoms. The normalized spacial score (nSPS) is 23.3. The van der Waals surface area contributed by atoms with Crippen LogP contribution in [0.3, 0.4) is 0 Å². The molecule has 2 aliphatic heterocycles. The highest BCUT2D eigenvalue weighted by Crippen LogP contribution is 2.45. The smallest absolute Gasteiger partial charge is 0.231 e. The van der Waals surface area contributed by atoms with Gasteiger partial charge in [-0.3, -0.25) is 4.90 Å². The van der Waals surface area contributed by atoms with E-state index in [1.807, 2.05) is 18.0 Å². The molecule has 2 heterocycles. The van der Waals surface area contributed by atoms with Gasteiger partial charge in [0.25, 0.3) is 0 Å². The summed E-state index contributed by atoms with van der Waals surface area (Å²) in [5.41, 5.74) is 1.79. The SMILES string of the molecule is CN1Cc2c(cc3c(c2Cl)OCO3)C(O)C1. The van der Waals surface area contributed by atoms with Gasteiger partial charge in [0.2, 0.25) is 6.79 Å². The molecule has 1 atom stereocenters. The number of halogens is 1. The predicted octanol–water partition coefficient (Wildman–Crippen LogP) is 1.55. The quantitative estimate of drug-likeness (QED) is 0.748. The van der Waals surface area contributed by atoms with Crippen LogP contribution in [0.2, 0.25) is 5.02 Å². The summed E-state index contributed by atoms with van der Waals surface area (Å²) < 4.78 is 10.6. The third kappa shape index (κ3) is 1.38. The van der Waals surface area contributed by atoms with Crippen LogP contribution in [-0.2, 0) is 6.54 Å². The molecule has 0 aromatic heterocycles. The molecule has 1 aromatic carbocycles. The van der Waals surface area contributed by atoms with Crippen molar-refractivity contribution >= 4 is 11.6 Å². The van der Waals surface area contributed by atoms with Crippen molar-refractivity contribution in [2.75, 3.05) is 20.4 Å². The topological polar surface area (TPSA) is 41.9 Å². The summed E-state index contributed by atoms with van der Waals surface area (Å²) in [5.74, 6) is 1.23. The highest BCUT2D eigenvalue weighted by molar-refractivity contribution is 6.33. The maximum Gasteiger partial charge on any atom is 0.231 e. The van der Waals surface area contributed by atoms with Crippen molar-refractivity contribution in [1.29, 1.82) is 0 Å². The summed E-state index contributed by atoms with van der Waals surface area (Å²) >= 11 is 6.26. The highest BCUT2D eigenvalue weighted by atomic mass is 35.5. The van der Waals surface area contributed by atoms with Crippen LogP contribution >= 0.6 is 11.6 Å². The standard InChI is InChI=1S/C11H12ClNO3/c1-13-3-7-6(8(14)4-13)2-9-11(10(7)12)16-5-15-9/h2,8,14H,3-5H2,1H3. The van der Waals surface area contributed by atoms with Crippen molar-refractivity contribution in [2.24, 2.45) is 0 Å². The number of rotatable bonds is 0. The van der Waals surface area contributed by atoms with Crippen LogP contribution in [0.15, 0.2) is 6.07 Å². The zero-order valence-corrected chi connectivity index (χ0v) is 9.62. The first-order chi connectivity index (χ1) is 7.66. The molecule has 0 amide bonds. The molecule has 1 N–H and O–H groups in total. The Bertz CT molecular complexity index is 449. The van der Waals surface area contributed by atoms with E-state index in [-0.39, 0.29) is 6.79 Å². The molecule has 0 spiro atoms. The third-order valence-electron chi connectivity index (χ3n) is 3.01. The fourth-order valence-corrected chi connectivity index (χ4v) is 2.56. The number of hydrogen-bond donors (Lipinski definition) is 1. The van der Waals surface area contributed by atoms with Crippen LogP contribution in [-0.4, -0.2) is 30.4 Å². The van der Waals surface area contributed by atoms with Gasteiger partial charge in [-0.15, -0.1) is 0 Å². The highest BCUT2D eigenvalue weighted by Gasteiger charge is 2.29. The molecule has 0 aliphatic carbocycles. The molecule has 0 saturated heterocycles. The summed E-state index contributed by atoms with van der Waals surface area (Å²) in [7, 11) is 1.95. The van der Waals surface area contributed by atoms with Gasteiger partial charge in [0.15, 0.2) is 11.5 Å². The number of aliphatic hydroxyl groups is 1. The lowest BCUT2D eigenvalue weighted by atomic mass is 9.97. The minimum atomic E-state index is -0.513. The van der Waals surface area contributed by atoms with Gasteiger partial charge in [0, 0.05) is 13.1 Å². The third-order valence-corrected chi connectivity index (χ3v) is 3.41. The molecule has 5 heteroatoms. The maximum atomic E-state index is 9.99. The summed E-state index contributed by atoms with van der Waals surface area (Å²) in [6.45, 7) is 1.54. The van der Waals surface area contributed by atoms with E-state index in [9.17, 15) is 5.11 Å². The van der Waals surface area contributed by atoms with Gasteiger partial charge in [-0.25, -0.2) is 0 Å². The lowest BCUT2D eigenvalue weighted by Crippen LogP contribution is -2.30. The molecule has 0 bridgehead atoms. The zero-order chi connectivity index (χ0) is 11.3. The Balaban J connectivity index is 2.18. The molecule has 3 rings (SSSR count). The number of nitrogens with zero attached hydrogens (tertiary/aromatic N) is 1. The van der Waals surface area contributed by atoms with E-state index in [0.29, 0.717) is 23.1 Å². The molecular formula is C11H12ClNO3. The molecule has 1 unspecified atom stereocenters. The second-order valence-electron chi connectivity index (χ2n) is 4.20. The molecule has 0 radical (unpaired) electrons. The molecule has 1 aromatic rings. The maximum absolute atomic E-state index is 9.99. The van der Waals surface area contributed by atoms with Gasteiger partial charge in [0.1, 0.15) is 0 Å². The van der Waals surface area contributed by atoms with Crippen LogP contribution in [0.1, 0.15) is 17.2 Å². The Morgan fingerprint density at radius 3 is 3.12 bits per heavy atom. The molecule has 0 fully saturated rings. The zero-order valence-electron chi connectivity index (χ0n) is 8.86. The Morgan fingerprint density at radius 1 is 1.50 bits per heavy atom. The monoisotopic (exact) mass is 241 g/mol. The van der Waals surface area contributed by atoms with Crippen molar-refractivity contribution < 1.29 is 14.6 Å². The number of ether oxygens (including phenoxy) is 2. The molecule has 2 aliphatic rings. The first-order valence-electron chi connectivity index (χ1n) is 5.14. The van der Waals surface area contributed by atoms with Crippen molar-refractivity contribution in [3.63, 3.8) is 0 Å². The lowest BCUT2D eigenvalue weighted by Gasteiger charge is -2.30. The second-order valence-corrected chi connectivity index (χ2v) is 4.58. The first kappa shape index (κ1) is 10.2. The number of likely N-dealkylation sites (N-methyl/N-ethyl adjacent to an activating group) is 1. The number of fused-ring (bicyclic) bond motifs is 2. The van der Waals surface area contributed by atoms with Crippen molar-refractivity contribution in [1.82, 2.24) is 4.90 Å². The number of β-amino-alcohol motifs (C(OH)–C–C–N with tert-alkyl or cyclic N) is 1. The molecule has 0 saturated carbocycles. The minimum Gasteiger partial charge on any atom is -0.454 e. The van der Waals surface area contributed by atoms with Crippen LogP contribution in [0.5, 0.6) is 11.5 Å². The van der Waals surface area contributed by atoms with E-state index < -0.39 is 6.10 Å². The fourth-order valence-electron chi connectivity index (χ4n) is 2.25. The average molecular weight is 242 g/mol. The van der Waals surface area contributed by atoms with Crippen LogP contribution in [0.4, 0.5) is 0 Å². The summed E-state index contributed by atoms with van der Waals surface area (Å²) in [6, 6.07) is 1.83. The van der Waals surface area contributed by atoms with Gasteiger partial charge in [-0.2, -0.15) is 0 Å². The minimum absolute atomic E-state index is 0.198. The number of hydrogen-bond acceptors (Lipinski definition) is 4. The van der Waals surface area contributed by atoms with E-state index in [2.05, 4.69) is 0 Å². The lowest BCUT2D eigenvalue weighted by molar-refractivity contribution is 0.107. The van der Waals surface area contributed by atoms with E-state index >= 15 is 0 Å². The van der Waals surface area contributed by atoms with Crippen molar-refractivity contribution in [2.45, 2.75) is 12.6 Å². The Labute approximate surface area is 98.3 Å². The summed E-state index contributed by atoms with van der Waals surface area (Å²) in [5, 5.41) is 10.6. The van der Waals surface area contributed by atoms with Crippen molar-refractivity contribution in [3.8, 4) is 11.5 Å². The Hall–Kier alpha value is -0.970. The molecule has 4 nitrogen and oxygen atoms in total. The van der Waals surface area contributed by atoms with Gasteiger partial charge in [-0.1, -0.05) is 11.6 Å². The van der Waals surface area contributed by atoms with Crippen LogP contribution < -0.4 is 9.47 Å². The van der Waals surface area contributed by atoms with Gasteiger partial charge >= 0.3 is 0 Å². The van der Waals surface area contributed by atoms with Gasteiger partial charge in [-0.05, 0) is 24.2 Å². The summed E-state index contributed by atoms with van der Waals surface area (Å²) in [4.78, 5) is 2.03. The summed E-state index contributed by atoms with van der Waals surface area (Å²) in [6.07, 6.45) is -0.513. The van der Waals surface area contributed by atoms with E-state index in [4.69, 9.17) is 21.1 Å². The fraction of sp³-hybridized carbons (Fsp3) is 0.455. The Kier molecular flexibility index (Phi) is 2.24. The van der Waals surface area contributed by atoms with E-state index in [1.54, 1.807) is 0 Å². The second kappa shape index (κ2) is 3.52. The largest absolute Gasteiger partial charge is 0.454 e. The predicted molar refractivity (Wildman–Crippen MR) is 58.9 cm³/mol. The molecule has 86 valence electrons.